The summed E-state index contributed by atoms with van der Waals surface area (Å²) in [5.74, 6) is 0. The minimum atomic E-state index is 0. The second-order valence-electron chi connectivity index (χ2n) is 1.50. The van der Waals surface area contributed by atoms with Crippen LogP contribution in [0.4, 0.5) is 5.69 Å². The molecule has 0 amide bonds. The highest BCUT2D eigenvalue weighted by Gasteiger charge is 1.85. The van der Waals surface area contributed by atoms with Gasteiger partial charge in [0.25, 0.3) is 0 Å². The molecule has 0 fully saturated rings. The van der Waals surface area contributed by atoms with Crippen molar-refractivity contribution in [3.8, 4) is 0 Å². The van der Waals surface area contributed by atoms with Crippen molar-refractivity contribution in [2.75, 3.05) is 5.73 Å². The second-order valence-corrected chi connectivity index (χ2v) is 1.50. The Hall–Kier alpha value is -0.960. The number of rotatable bonds is 0. The lowest BCUT2D eigenvalue weighted by Crippen LogP contribution is -2.24. The van der Waals surface area contributed by atoms with Crippen LogP contribution in [0.2, 0.25) is 0 Å². The maximum atomic E-state index is 10.3. The Morgan fingerprint density at radius 1 is 1.56 bits per heavy atom. The van der Waals surface area contributed by atoms with Crippen LogP contribution < -0.4 is 10.5 Å². The lowest BCUT2D eigenvalue weighted by Gasteiger charge is -1.92. The first-order valence-corrected chi connectivity index (χ1v) is 2.23. The molecule has 0 saturated heterocycles. The Labute approximate surface area is 59.1 Å². The monoisotopic (exact) mass is 146 g/mol. The molecule has 9 heavy (non-hydrogen) atoms. The van der Waals surface area contributed by atoms with Crippen molar-refractivity contribution in [1.29, 1.82) is 0 Å². The van der Waals surface area contributed by atoms with Crippen LogP contribution >= 0.6 is 12.4 Å². The van der Waals surface area contributed by atoms with Crippen LogP contribution in [-0.4, -0.2) is 0 Å². The van der Waals surface area contributed by atoms with Crippen molar-refractivity contribution in [2.24, 2.45) is 0 Å². The van der Waals surface area contributed by atoms with Crippen molar-refractivity contribution in [2.45, 2.75) is 0 Å². The summed E-state index contributed by atoms with van der Waals surface area (Å²) in [7, 11) is 0. The number of anilines is 1. The molecule has 0 bridgehead atoms. The molecule has 50 valence electrons. The summed E-state index contributed by atoms with van der Waals surface area (Å²) in [6.45, 7) is 0. The van der Waals surface area contributed by atoms with Gasteiger partial charge in [0.2, 0.25) is 6.20 Å². The van der Waals surface area contributed by atoms with E-state index in [2.05, 4.69) is 0 Å². The van der Waals surface area contributed by atoms with Crippen LogP contribution in [0.15, 0.2) is 24.5 Å². The normalized spacial score (nSPS) is 8.00. The molecule has 0 aromatic carbocycles. The summed E-state index contributed by atoms with van der Waals surface area (Å²) in [5.41, 5.74) is 5.73. The standard InChI is InChI=1S/C5H6N2O.ClH/c6-5-2-1-3-7(8)4-5;/h1-4H,6H2;1H. The highest BCUT2D eigenvalue weighted by Crippen LogP contribution is 1.90. The zero-order valence-corrected chi connectivity index (χ0v) is 5.47. The maximum Gasteiger partial charge on any atom is 0.203 e. The number of nitrogens with two attached hydrogens (primary N) is 1. The molecule has 0 radical (unpaired) electrons. The van der Waals surface area contributed by atoms with Crippen LogP contribution in [0.25, 0.3) is 0 Å². The first-order chi connectivity index (χ1) is 3.79. The quantitative estimate of drug-likeness (QED) is 0.424. The zero-order valence-electron chi connectivity index (χ0n) is 4.65. The van der Waals surface area contributed by atoms with E-state index in [-0.39, 0.29) is 12.4 Å². The highest BCUT2D eigenvalue weighted by atomic mass is 35.5. The molecule has 0 aliphatic heterocycles. The molecule has 4 heteroatoms. The first kappa shape index (κ1) is 8.04. The molecule has 0 saturated carbocycles. The predicted octanol–water partition coefficient (Wildman–Crippen LogP) is 0.324. The van der Waals surface area contributed by atoms with Gasteiger partial charge in [-0.25, -0.2) is 0 Å². The lowest BCUT2D eigenvalue weighted by atomic mass is 10.4. The van der Waals surface area contributed by atoms with E-state index >= 15 is 0 Å². The third-order valence-corrected chi connectivity index (χ3v) is 0.798. The fraction of sp³-hybridized carbons (Fsp3) is 0. The van der Waals surface area contributed by atoms with E-state index in [1.165, 1.54) is 12.4 Å². The fourth-order valence-corrected chi connectivity index (χ4v) is 0.472. The van der Waals surface area contributed by atoms with Gasteiger partial charge in [-0.2, -0.15) is 4.73 Å². The van der Waals surface area contributed by atoms with E-state index < -0.39 is 0 Å². The average molecular weight is 147 g/mol. The molecule has 1 heterocycles. The molecule has 1 aromatic rings. The van der Waals surface area contributed by atoms with Crippen molar-refractivity contribution in [3.05, 3.63) is 29.7 Å². The molecule has 3 nitrogen and oxygen atoms in total. The molecule has 2 N–H and O–H groups in total. The summed E-state index contributed by atoms with van der Waals surface area (Å²) < 4.78 is 0.662. The van der Waals surface area contributed by atoms with E-state index in [0.717, 1.165) is 0 Å². The Bertz CT molecular complexity index is 175. The Balaban J connectivity index is 0.000000640. The number of nitrogens with zero attached hydrogens (tertiary/aromatic N) is 1. The molecule has 0 atom stereocenters. The Morgan fingerprint density at radius 2 is 2.22 bits per heavy atom. The number of pyridine rings is 1. The van der Waals surface area contributed by atoms with Gasteiger partial charge in [-0.1, -0.05) is 0 Å². The third kappa shape index (κ3) is 2.19. The van der Waals surface area contributed by atoms with Crippen molar-refractivity contribution >= 4 is 18.1 Å². The molecule has 0 unspecified atom stereocenters. The SMILES string of the molecule is Cl.Nc1ccc[n+]([O-])c1. The van der Waals surface area contributed by atoms with Gasteiger partial charge in [0.05, 0.1) is 5.69 Å². The highest BCUT2D eigenvalue weighted by molar-refractivity contribution is 5.85. The average Bonchev–Trinajstić information content (AvgIpc) is 1.64. The van der Waals surface area contributed by atoms with Crippen molar-refractivity contribution < 1.29 is 4.73 Å². The van der Waals surface area contributed by atoms with Gasteiger partial charge in [-0.15, -0.1) is 12.4 Å². The zero-order chi connectivity index (χ0) is 5.98. The third-order valence-electron chi connectivity index (χ3n) is 0.798. The first-order valence-electron chi connectivity index (χ1n) is 2.23. The molecule has 1 rings (SSSR count). The van der Waals surface area contributed by atoms with E-state index in [1.54, 1.807) is 12.1 Å². The van der Waals surface area contributed by atoms with E-state index in [4.69, 9.17) is 5.73 Å². The number of aromatic nitrogens is 1. The van der Waals surface area contributed by atoms with Crippen LogP contribution in [0.5, 0.6) is 0 Å². The maximum absolute atomic E-state index is 10.3. The van der Waals surface area contributed by atoms with Gasteiger partial charge in [0, 0.05) is 6.07 Å². The number of nitrogen functional groups attached to an aromatic ring is 1. The van der Waals surface area contributed by atoms with Crippen LogP contribution in [0.3, 0.4) is 0 Å². The second kappa shape index (κ2) is 3.14. The molecule has 0 aliphatic carbocycles. The minimum absolute atomic E-state index is 0. The molecular formula is C5H7ClN2O. The molecule has 0 aliphatic rings. The number of halogens is 1. The van der Waals surface area contributed by atoms with E-state index in [0.29, 0.717) is 10.4 Å². The van der Waals surface area contributed by atoms with Crippen molar-refractivity contribution in [3.63, 3.8) is 0 Å². The molecule has 1 aromatic heterocycles. The van der Waals surface area contributed by atoms with Crippen LogP contribution in [0.1, 0.15) is 0 Å². The van der Waals surface area contributed by atoms with Crippen molar-refractivity contribution in [1.82, 2.24) is 0 Å². The summed E-state index contributed by atoms with van der Waals surface area (Å²) in [5, 5.41) is 10.3. The minimum Gasteiger partial charge on any atom is -0.619 e. The predicted molar refractivity (Wildman–Crippen MR) is 37.1 cm³/mol. The van der Waals surface area contributed by atoms with Gasteiger partial charge in [0.1, 0.15) is 0 Å². The topological polar surface area (TPSA) is 53.0 Å². The van der Waals surface area contributed by atoms with E-state index in [9.17, 15) is 5.21 Å². The van der Waals surface area contributed by atoms with Gasteiger partial charge in [-0.3, -0.25) is 0 Å². The van der Waals surface area contributed by atoms with Gasteiger partial charge >= 0.3 is 0 Å². The Kier molecular flexibility index (Phi) is 2.81. The summed E-state index contributed by atoms with van der Waals surface area (Å²) in [6.07, 6.45) is 2.69. The van der Waals surface area contributed by atoms with Gasteiger partial charge in [-0.05, 0) is 6.07 Å². The number of hydrogen-bond acceptors (Lipinski definition) is 2. The van der Waals surface area contributed by atoms with Gasteiger partial charge in [0.15, 0.2) is 6.20 Å². The lowest BCUT2D eigenvalue weighted by molar-refractivity contribution is -0.604. The number of hydrogen-bond donors (Lipinski definition) is 1. The van der Waals surface area contributed by atoms with Crippen LogP contribution in [-0.2, 0) is 0 Å². The fourth-order valence-electron chi connectivity index (χ4n) is 0.472. The Morgan fingerprint density at radius 3 is 2.56 bits per heavy atom. The molecular weight excluding hydrogens is 140 g/mol. The summed E-state index contributed by atoms with van der Waals surface area (Å²) >= 11 is 0. The summed E-state index contributed by atoms with van der Waals surface area (Å²) in [6, 6.07) is 3.26. The largest absolute Gasteiger partial charge is 0.619 e. The smallest absolute Gasteiger partial charge is 0.203 e. The van der Waals surface area contributed by atoms with Crippen LogP contribution in [0, 0.1) is 5.21 Å². The van der Waals surface area contributed by atoms with Gasteiger partial charge < -0.3 is 10.9 Å². The molecule has 0 spiro atoms. The van der Waals surface area contributed by atoms with E-state index in [1.807, 2.05) is 0 Å². The summed E-state index contributed by atoms with van der Waals surface area (Å²) in [4.78, 5) is 0.